The van der Waals surface area contributed by atoms with Crippen LogP contribution in [0.3, 0.4) is 0 Å². The van der Waals surface area contributed by atoms with Crippen LogP contribution >= 0.6 is 0 Å². The average Bonchev–Trinajstić information content (AvgIpc) is 2.48. The van der Waals surface area contributed by atoms with Crippen molar-refractivity contribution >= 4 is 6.47 Å². The van der Waals surface area contributed by atoms with Crippen molar-refractivity contribution in [1.82, 2.24) is 0 Å². The van der Waals surface area contributed by atoms with E-state index in [-0.39, 0.29) is 18.6 Å². The molecule has 1 N–H and O–H groups in total. The minimum absolute atomic E-state index is 0.0116. The molecule has 0 saturated heterocycles. The Balaban J connectivity index is 2.07. The van der Waals surface area contributed by atoms with Crippen LogP contribution in [0, 0.1) is 5.92 Å². The molecule has 0 aromatic carbocycles. The van der Waals surface area contributed by atoms with E-state index in [1.165, 1.54) is 0 Å². The van der Waals surface area contributed by atoms with E-state index in [0.29, 0.717) is 6.47 Å². The highest BCUT2D eigenvalue weighted by Crippen LogP contribution is 2.31. The van der Waals surface area contributed by atoms with Gasteiger partial charge in [0.15, 0.2) is 0 Å². The minimum atomic E-state index is 0.0116. The SMILES string of the molecule is O=CO[C@H]1C[C@@H]1CO. The van der Waals surface area contributed by atoms with E-state index >= 15 is 0 Å². The number of carbonyl (C=O) groups excluding carboxylic acids is 1. The fourth-order valence-electron chi connectivity index (χ4n) is 0.650. The first-order valence-corrected chi connectivity index (χ1v) is 2.58. The molecule has 0 aliphatic heterocycles. The van der Waals surface area contributed by atoms with Gasteiger partial charge in [-0.2, -0.15) is 0 Å². The average molecular weight is 116 g/mol. The van der Waals surface area contributed by atoms with Crippen LogP contribution in [0.4, 0.5) is 0 Å². The van der Waals surface area contributed by atoms with Gasteiger partial charge in [0, 0.05) is 12.5 Å². The molecule has 3 heteroatoms. The number of hydrogen-bond acceptors (Lipinski definition) is 3. The summed E-state index contributed by atoms with van der Waals surface area (Å²) in [6.45, 7) is 0.568. The Morgan fingerprint density at radius 3 is 3.00 bits per heavy atom. The highest BCUT2D eigenvalue weighted by molar-refractivity contribution is 5.38. The van der Waals surface area contributed by atoms with Crippen LogP contribution < -0.4 is 0 Å². The largest absolute Gasteiger partial charge is 0.464 e. The summed E-state index contributed by atoms with van der Waals surface area (Å²) >= 11 is 0. The molecular weight excluding hydrogens is 108 g/mol. The van der Waals surface area contributed by atoms with E-state index < -0.39 is 0 Å². The molecule has 8 heavy (non-hydrogen) atoms. The number of aliphatic hydroxyl groups excluding tert-OH is 1. The molecule has 0 aromatic heterocycles. The molecular formula is C5H8O3. The zero-order chi connectivity index (χ0) is 5.98. The van der Waals surface area contributed by atoms with Crippen molar-refractivity contribution in [1.29, 1.82) is 0 Å². The maximum absolute atomic E-state index is 9.61. The van der Waals surface area contributed by atoms with Gasteiger partial charge in [0.05, 0.1) is 0 Å². The highest BCUT2D eigenvalue weighted by Gasteiger charge is 2.38. The molecule has 1 saturated carbocycles. The van der Waals surface area contributed by atoms with Gasteiger partial charge in [0.2, 0.25) is 0 Å². The lowest BCUT2D eigenvalue weighted by Gasteiger charge is -1.90. The quantitative estimate of drug-likeness (QED) is 0.507. The number of rotatable bonds is 3. The number of aliphatic hydroxyl groups is 1. The molecule has 1 aliphatic rings. The molecule has 3 nitrogen and oxygen atoms in total. The molecule has 0 unspecified atom stereocenters. The summed E-state index contributed by atoms with van der Waals surface area (Å²) in [6.07, 6.45) is 0.840. The van der Waals surface area contributed by atoms with Gasteiger partial charge in [0.25, 0.3) is 6.47 Å². The third kappa shape index (κ3) is 0.980. The Hall–Kier alpha value is -0.570. The Morgan fingerprint density at radius 2 is 2.62 bits per heavy atom. The third-order valence-corrected chi connectivity index (χ3v) is 1.32. The Bertz CT molecular complexity index is 91.7. The lowest BCUT2D eigenvalue weighted by Crippen LogP contribution is -1.96. The fourth-order valence-corrected chi connectivity index (χ4v) is 0.650. The van der Waals surface area contributed by atoms with Gasteiger partial charge in [-0.1, -0.05) is 0 Å². The minimum Gasteiger partial charge on any atom is -0.464 e. The van der Waals surface area contributed by atoms with E-state index in [0.717, 1.165) is 6.42 Å². The lowest BCUT2D eigenvalue weighted by molar-refractivity contribution is -0.130. The second-order valence-electron chi connectivity index (χ2n) is 1.95. The first-order valence-electron chi connectivity index (χ1n) is 2.58. The maximum atomic E-state index is 9.61. The molecule has 1 fully saturated rings. The van der Waals surface area contributed by atoms with Crippen LogP contribution in [0.15, 0.2) is 0 Å². The van der Waals surface area contributed by atoms with Crippen LogP contribution in [-0.4, -0.2) is 24.3 Å². The van der Waals surface area contributed by atoms with Gasteiger partial charge < -0.3 is 9.84 Å². The van der Waals surface area contributed by atoms with Crippen molar-refractivity contribution in [3.05, 3.63) is 0 Å². The van der Waals surface area contributed by atoms with Gasteiger partial charge in [-0.15, -0.1) is 0 Å². The molecule has 0 aromatic rings. The van der Waals surface area contributed by atoms with Crippen molar-refractivity contribution in [3.63, 3.8) is 0 Å². The topological polar surface area (TPSA) is 46.5 Å². The molecule has 0 spiro atoms. The summed E-state index contributed by atoms with van der Waals surface area (Å²) in [6, 6.07) is 0. The molecule has 1 aliphatic carbocycles. The van der Waals surface area contributed by atoms with Gasteiger partial charge >= 0.3 is 0 Å². The van der Waals surface area contributed by atoms with E-state index in [1.54, 1.807) is 0 Å². The Morgan fingerprint density at radius 1 is 1.88 bits per heavy atom. The van der Waals surface area contributed by atoms with Gasteiger partial charge in [-0.25, -0.2) is 0 Å². The smallest absolute Gasteiger partial charge is 0.293 e. The van der Waals surface area contributed by atoms with Crippen LogP contribution in [0.5, 0.6) is 0 Å². The summed E-state index contributed by atoms with van der Waals surface area (Å²) in [5.74, 6) is 0.222. The van der Waals surface area contributed by atoms with Crippen LogP contribution in [0.2, 0.25) is 0 Å². The van der Waals surface area contributed by atoms with Crippen molar-refractivity contribution in [2.24, 2.45) is 5.92 Å². The molecule has 2 atom stereocenters. The molecule has 0 radical (unpaired) electrons. The fraction of sp³-hybridized carbons (Fsp3) is 0.800. The standard InChI is InChI=1S/C5H8O3/c6-2-4-1-5(4)8-3-7/h3-6H,1-2H2/t4-,5+/m1/s1. The third-order valence-electron chi connectivity index (χ3n) is 1.32. The Labute approximate surface area is 47.3 Å². The van der Waals surface area contributed by atoms with E-state index in [2.05, 4.69) is 4.74 Å². The summed E-state index contributed by atoms with van der Waals surface area (Å²) in [4.78, 5) is 9.61. The molecule has 1 rings (SSSR count). The number of hydrogen-bond donors (Lipinski definition) is 1. The van der Waals surface area contributed by atoms with Crippen LogP contribution in [0.1, 0.15) is 6.42 Å². The molecule has 0 amide bonds. The monoisotopic (exact) mass is 116 g/mol. The normalized spacial score (nSPS) is 34.1. The Kier molecular flexibility index (Phi) is 1.48. The first-order chi connectivity index (χ1) is 3.88. The van der Waals surface area contributed by atoms with Crippen molar-refractivity contribution in [2.45, 2.75) is 12.5 Å². The van der Waals surface area contributed by atoms with E-state index in [4.69, 9.17) is 5.11 Å². The van der Waals surface area contributed by atoms with Gasteiger partial charge in [-0.3, -0.25) is 4.79 Å². The predicted octanol–water partition coefficient (Wildman–Crippen LogP) is -0.460. The summed E-state index contributed by atoms with van der Waals surface area (Å²) in [5, 5.41) is 8.41. The molecule has 0 bridgehead atoms. The lowest BCUT2D eigenvalue weighted by atomic mass is 10.5. The van der Waals surface area contributed by atoms with E-state index in [1.807, 2.05) is 0 Å². The number of carbonyl (C=O) groups is 1. The molecule has 46 valence electrons. The second kappa shape index (κ2) is 2.13. The first kappa shape index (κ1) is 5.56. The van der Waals surface area contributed by atoms with Crippen molar-refractivity contribution in [3.8, 4) is 0 Å². The zero-order valence-electron chi connectivity index (χ0n) is 4.41. The summed E-state index contributed by atoms with van der Waals surface area (Å²) in [7, 11) is 0. The van der Waals surface area contributed by atoms with Crippen LogP contribution in [-0.2, 0) is 9.53 Å². The van der Waals surface area contributed by atoms with Crippen LogP contribution in [0.25, 0.3) is 0 Å². The summed E-state index contributed by atoms with van der Waals surface area (Å²) in [5.41, 5.74) is 0. The van der Waals surface area contributed by atoms with Gasteiger partial charge in [0.1, 0.15) is 6.10 Å². The maximum Gasteiger partial charge on any atom is 0.293 e. The summed E-state index contributed by atoms with van der Waals surface area (Å²) < 4.78 is 4.52. The van der Waals surface area contributed by atoms with Gasteiger partial charge in [-0.05, 0) is 6.42 Å². The van der Waals surface area contributed by atoms with Crippen molar-refractivity contribution in [2.75, 3.05) is 6.61 Å². The zero-order valence-corrected chi connectivity index (χ0v) is 4.41. The number of ether oxygens (including phenoxy) is 1. The van der Waals surface area contributed by atoms with Crippen molar-refractivity contribution < 1.29 is 14.6 Å². The highest BCUT2D eigenvalue weighted by atomic mass is 16.5. The second-order valence-corrected chi connectivity index (χ2v) is 1.95. The predicted molar refractivity (Wildman–Crippen MR) is 26.1 cm³/mol. The molecule has 0 heterocycles. The van der Waals surface area contributed by atoms with E-state index in [9.17, 15) is 4.79 Å².